The van der Waals surface area contributed by atoms with Crippen LogP contribution in [0, 0.1) is 16.0 Å². The number of aryl methyl sites for hydroxylation is 1. The van der Waals surface area contributed by atoms with Crippen LogP contribution in [-0.4, -0.2) is 32.5 Å². The first-order chi connectivity index (χ1) is 8.79. The Balaban J connectivity index is 3.16. The average molecular weight is 270 g/mol. The Labute approximate surface area is 112 Å². The summed E-state index contributed by atoms with van der Waals surface area (Å²) in [5.41, 5.74) is 0.494. The quantitative estimate of drug-likeness (QED) is 0.608. The van der Waals surface area contributed by atoms with Crippen molar-refractivity contribution in [2.45, 2.75) is 39.7 Å². The molecule has 0 bridgehead atoms. The highest BCUT2D eigenvalue weighted by Gasteiger charge is 2.29. The molecule has 2 unspecified atom stereocenters. The van der Waals surface area contributed by atoms with Crippen molar-refractivity contribution in [3.63, 3.8) is 0 Å². The van der Waals surface area contributed by atoms with E-state index < -0.39 is 4.92 Å². The molecule has 1 heterocycles. The number of aliphatic hydroxyl groups is 1. The van der Waals surface area contributed by atoms with Crippen molar-refractivity contribution in [2.24, 2.45) is 13.0 Å². The van der Waals surface area contributed by atoms with Crippen molar-refractivity contribution in [3.8, 4) is 0 Å². The van der Waals surface area contributed by atoms with Crippen molar-refractivity contribution in [1.29, 1.82) is 0 Å². The summed E-state index contributed by atoms with van der Waals surface area (Å²) in [7, 11) is 1.68. The third kappa shape index (κ3) is 3.23. The SMILES string of the molecule is CC(C)c1nn(C)c(NC(C)C(C)CO)c1[N+](=O)[O-]. The molecule has 0 aliphatic carbocycles. The van der Waals surface area contributed by atoms with Gasteiger partial charge in [0.15, 0.2) is 0 Å². The van der Waals surface area contributed by atoms with Crippen LogP contribution in [-0.2, 0) is 7.05 Å². The Kier molecular flexibility index (Phi) is 4.88. The summed E-state index contributed by atoms with van der Waals surface area (Å²) in [4.78, 5) is 10.8. The van der Waals surface area contributed by atoms with Gasteiger partial charge in [-0.2, -0.15) is 5.10 Å². The van der Waals surface area contributed by atoms with Crippen LogP contribution < -0.4 is 5.32 Å². The molecule has 2 N–H and O–H groups in total. The minimum absolute atomic E-state index is 0.00277. The molecule has 0 aliphatic heterocycles. The number of rotatable bonds is 6. The highest BCUT2D eigenvalue weighted by Crippen LogP contribution is 2.33. The number of nitrogens with one attached hydrogen (secondary N) is 1. The fraction of sp³-hybridized carbons (Fsp3) is 0.750. The predicted octanol–water partition coefficient (Wildman–Crippen LogP) is 1.88. The highest BCUT2D eigenvalue weighted by atomic mass is 16.6. The van der Waals surface area contributed by atoms with Crippen molar-refractivity contribution in [1.82, 2.24) is 9.78 Å². The first kappa shape index (κ1) is 15.4. The van der Waals surface area contributed by atoms with E-state index in [4.69, 9.17) is 5.11 Å². The van der Waals surface area contributed by atoms with E-state index in [0.717, 1.165) is 0 Å². The Bertz CT molecular complexity index is 456. The van der Waals surface area contributed by atoms with Gasteiger partial charge in [-0.3, -0.25) is 10.1 Å². The smallest absolute Gasteiger partial charge is 0.334 e. The molecule has 7 nitrogen and oxygen atoms in total. The summed E-state index contributed by atoms with van der Waals surface area (Å²) in [6.07, 6.45) is 0. The number of hydrogen-bond donors (Lipinski definition) is 2. The summed E-state index contributed by atoms with van der Waals surface area (Å²) in [5, 5.41) is 27.7. The zero-order chi connectivity index (χ0) is 14.7. The third-order valence-electron chi connectivity index (χ3n) is 3.28. The van der Waals surface area contributed by atoms with Crippen LogP contribution in [0.15, 0.2) is 0 Å². The second kappa shape index (κ2) is 6.01. The molecule has 1 rings (SSSR count). The van der Waals surface area contributed by atoms with Crippen molar-refractivity contribution < 1.29 is 10.0 Å². The van der Waals surface area contributed by atoms with Crippen molar-refractivity contribution in [2.75, 3.05) is 11.9 Å². The molecule has 108 valence electrons. The number of aliphatic hydroxyl groups excluding tert-OH is 1. The van der Waals surface area contributed by atoms with Gasteiger partial charge in [-0.1, -0.05) is 20.8 Å². The molecular weight excluding hydrogens is 248 g/mol. The standard InChI is InChI=1S/C12H22N4O3/c1-7(2)10-11(16(18)19)12(15(5)14-10)13-9(4)8(3)6-17/h7-9,13,17H,6H2,1-5H3. The van der Waals surface area contributed by atoms with Gasteiger partial charge in [-0.05, 0) is 12.8 Å². The molecule has 0 aliphatic rings. The van der Waals surface area contributed by atoms with Crippen LogP contribution in [0.1, 0.15) is 39.3 Å². The van der Waals surface area contributed by atoms with Gasteiger partial charge in [0, 0.05) is 25.6 Å². The van der Waals surface area contributed by atoms with Crippen molar-refractivity contribution >= 4 is 11.5 Å². The first-order valence-corrected chi connectivity index (χ1v) is 6.38. The molecule has 0 radical (unpaired) electrons. The van der Waals surface area contributed by atoms with Gasteiger partial charge in [0.05, 0.1) is 4.92 Å². The van der Waals surface area contributed by atoms with Gasteiger partial charge in [0.25, 0.3) is 0 Å². The lowest BCUT2D eigenvalue weighted by molar-refractivity contribution is -0.384. The molecule has 0 saturated carbocycles. The van der Waals surface area contributed by atoms with E-state index in [9.17, 15) is 10.1 Å². The van der Waals surface area contributed by atoms with Crippen LogP contribution in [0.4, 0.5) is 11.5 Å². The predicted molar refractivity (Wildman–Crippen MR) is 73.3 cm³/mol. The molecule has 0 aromatic carbocycles. The Hall–Kier alpha value is -1.63. The maximum Gasteiger partial charge on any atom is 0.334 e. The van der Waals surface area contributed by atoms with Gasteiger partial charge in [0.2, 0.25) is 5.82 Å². The summed E-state index contributed by atoms with van der Waals surface area (Å²) in [6, 6.07) is -0.0842. The Morgan fingerprint density at radius 1 is 1.42 bits per heavy atom. The fourth-order valence-electron chi connectivity index (χ4n) is 1.78. The second-order valence-electron chi connectivity index (χ2n) is 5.21. The highest BCUT2D eigenvalue weighted by molar-refractivity contribution is 5.61. The van der Waals surface area contributed by atoms with Crippen LogP contribution in [0.25, 0.3) is 0 Å². The molecule has 0 saturated heterocycles. The van der Waals surface area contributed by atoms with Crippen LogP contribution in [0.3, 0.4) is 0 Å². The van der Waals surface area contributed by atoms with E-state index in [1.54, 1.807) is 7.05 Å². The molecular formula is C12H22N4O3. The fourth-order valence-corrected chi connectivity index (χ4v) is 1.78. The van der Waals surface area contributed by atoms with Crippen LogP contribution in [0.2, 0.25) is 0 Å². The van der Waals surface area contributed by atoms with Crippen LogP contribution in [0.5, 0.6) is 0 Å². The lowest BCUT2D eigenvalue weighted by atomic mass is 10.0. The minimum atomic E-state index is -0.402. The Morgan fingerprint density at radius 2 is 2.00 bits per heavy atom. The van der Waals surface area contributed by atoms with E-state index >= 15 is 0 Å². The van der Waals surface area contributed by atoms with E-state index in [1.807, 2.05) is 27.7 Å². The molecule has 0 amide bonds. The molecule has 0 spiro atoms. The summed E-state index contributed by atoms with van der Waals surface area (Å²) < 4.78 is 1.49. The largest absolute Gasteiger partial charge is 0.396 e. The summed E-state index contributed by atoms with van der Waals surface area (Å²) in [6.45, 7) is 7.53. The Morgan fingerprint density at radius 3 is 2.42 bits per heavy atom. The first-order valence-electron chi connectivity index (χ1n) is 6.38. The van der Waals surface area contributed by atoms with Gasteiger partial charge < -0.3 is 10.4 Å². The normalized spacial score (nSPS) is 14.5. The summed E-state index contributed by atoms with van der Waals surface area (Å²) >= 11 is 0. The molecule has 1 aromatic rings. The summed E-state index contributed by atoms with van der Waals surface area (Å²) in [5.74, 6) is 0.367. The lowest BCUT2D eigenvalue weighted by Gasteiger charge is -2.19. The van der Waals surface area contributed by atoms with Gasteiger partial charge in [-0.15, -0.1) is 0 Å². The maximum absolute atomic E-state index is 11.2. The second-order valence-corrected chi connectivity index (χ2v) is 5.21. The van der Waals surface area contributed by atoms with Gasteiger partial charge >= 0.3 is 5.69 Å². The van der Waals surface area contributed by atoms with E-state index in [2.05, 4.69) is 10.4 Å². The number of aromatic nitrogens is 2. The van der Waals surface area contributed by atoms with Crippen LogP contribution >= 0.6 is 0 Å². The van der Waals surface area contributed by atoms with Gasteiger partial charge in [-0.25, -0.2) is 4.68 Å². The zero-order valence-corrected chi connectivity index (χ0v) is 12.0. The number of anilines is 1. The van der Waals surface area contributed by atoms with E-state index in [0.29, 0.717) is 11.5 Å². The average Bonchev–Trinajstić information content (AvgIpc) is 2.66. The molecule has 1 aromatic heterocycles. The number of nitro groups is 1. The molecule has 7 heteroatoms. The topological polar surface area (TPSA) is 93.2 Å². The van der Waals surface area contributed by atoms with Crippen molar-refractivity contribution in [3.05, 3.63) is 15.8 Å². The van der Waals surface area contributed by atoms with Gasteiger partial charge in [0.1, 0.15) is 5.69 Å². The monoisotopic (exact) mass is 270 g/mol. The van der Waals surface area contributed by atoms with E-state index in [1.165, 1.54) is 4.68 Å². The number of hydrogen-bond acceptors (Lipinski definition) is 5. The molecule has 0 fully saturated rings. The minimum Gasteiger partial charge on any atom is -0.396 e. The maximum atomic E-state index is 11.2. The third-order valence-corrected chi connectivity index (χ3v) is 3.28. The molecule has 2 atom stereocenters. The molecule has 19 heavy (non-hydrogen) atoms. The van der Waals surface area contributed by atoms with E-state index in [-0.39, 0.29) is 30.2 Å². The number of nitrogens with zero attached hydrogens (tertiary/aromatic N) is 3. The zero-order valence-electron chi connectivity index (χ0n) is 12.0. The lowest BCUT2D eigenvalue weighted by Crippen LogP contribution is -2.27.